The number of nitrogens with zero attached hydrogens (tertiary/aromatic N) is 1. The molecule has 1 atom stereocenters. The Morgan fingerprint density at radius 3 is 2.92 bits per heavy atom. The fraction of sp³-hybridized carbons (Fsp3) is 0.389. The molecular weight excluding hydrogens is 372 g/mol. The minimum Gasteiger partial charge on any atom is -0.494 e. The third kappa shape index (κ3) is 4.25. The molecular formula is C18H22N2O4S2. The topological polar surface area (TPSA) is 75.7 Å². The molecule has 1 aliphatic rings. The largest absolute Gasteiger partial charge is 0.494 e. The van der Waals surface area contributed by atoms with E-state index < -0.39 is 10.0 Å². The summed E-state index contributed by atoms with van der Waals surface area (Å²) in [5.41, 5.74) is 0.652. The van der Waals surface area contributed by atoms with E-state index in [4.69, 9.17) is 4.74 Å². The molecule has 1 aromatic carbocycles. The molecule has 0 saturated carbocycles. The van der Waals surface area contributed by atoms with E-state index in [9.17, 15) is 13.2 Å². The van der Waals surface area contributed by atoms with Crippen LogP contribution in [-0.4, -0.2) is 38.3 Å². The van der Waals surface area contributed by atoms with Crippen LogP contribution >= 0.6 is 11.3 Å². The maximum Gasteiger partial charge on any atom is 0.252 e. The summed E-state index contributed by atoms with van der Waals surface area (Å²) >= 11 is 1.20. The summed E-state index contributed by atoms with van der Waals surface area (Å²) in [5.74, 6) is 0.162. The lowest BCUT2D eigenvalue weighted by Crippen LogP contribution is -2.43. The Hall–Kier alpha value is -1.90. The molecule has 1 N–H and O–H groups in total. The second-order valence-corrected chi connectivity index (χ2v) is 9.20. The Balaban J connectivity index is 1.67. The van der Waals surface area contributed by atoms with Crippen molar-refractivity contribution >= 4 is 33.0 Å². The zero-order valence-corrected chi connectivity index (χ0v) is 16.2. The molecule has 0 unspecified atom stereocenters. The summed E-state index contributed by atoms with van der Waals surface area (Å²) in [6.45, 7) is 3.10. The van der Waals surface area contributed by atoms with Gasteiger partial charge in [0.2, 0.25) is 5.91 Å². The molecule has 1 fully saturated rings. The smallest absolute Gasteiger partial charge is 0.252 e. The fourth-order valence-electron chi connectivity index (χ4n) is 2.99. The number of hydrogen-bond donors (Lipinski definition) is 1. The zero-order chi connectivity index (χ0) is 18.6. The number of nitrogens with one attached hydrogen (secondary N) is 1. The summed E-state index contributed by atoms with van der Waals surface area (Å²) in [7, 11) is -3.52. The molecule has 1 aliphatic heterocycles. The molecule has 0 radical (unpaired) electrons. The van der Waals surface area contributed by atoms with Gasteiger partial charge in [0, 0.05) is 24.8 Å². The second-order valence-electron chi connectivity index (χ2n) is 6.08. The normalized spacial score (nSPS) is 18.4. The summed E-state index contributed by atoms with van der Waals surface area (Å²) in [6, 6.07) is 10.5. The first-order chi connectivity index (χ1) is 12.5. The number of piperidine rings is 1. The third-order valence-corrected chi connectivity index (χ3v) is 7.49. The monoisotopic (exact) mass is 394 g/mol. The maximum absolute atomic E-state index is 12.7. The van der Waals surface area contributed by atoms with Crippen LogP contribution in [0.4, 0.5) is 5.69 Å². The van der Waals surface area contributed by atoms with Crippen LogP contribution in [0.1, 0.15) is 19.8 Å². The molecule has 3 rings (SSSR count). The standard InChI is InChI=1S/C18H22N2O4S2/c1-2-24-16-8-3-7-15(12-16)19-18(21)14-6-4-10-20(13-14)26(22,23)17-9-5-11-25-17/h3,5,7-9,11-12,14H,2,4,6,10,13H2,1H3,(H,19,21)/t14-/m0/s1. The molecule has 0 spiro atoms. The molecule has 2 aromatic rings. The van der Waals surface area contributed by atoms with Crippen LogP contribution in [0.15, 0.2) is 46.0 Å². The van der Waals surface area contributed by atoms with Crippen molar-refractivity contribution in [2.24, 2.45) is 5.92 Å². The van der Waals surface area contributed by atoms with Crippen LogP contribution in [0, 0.1) is 5.92 Å². The molecule has 1 saturated heterocycles. The van der Waals surface area contributed by atoms with Crippen molar-refractivity contribution in [1.29, 1.82) is 0 Å². The first kappa shape index (κ1) is 18.9. The molecule has 0 aliphatic carbocycles. The van der Waals surface area contributed by atoms with E-state index in [1.165, 1.54) is 15.6 Å². The summed E-state index contributed by atoms with van der Waals surface area (Å²) in [5, 5.41) is 4.62. The van der Waals surface area contributed by atoms with E-state index >= 15 is 0 Å². The van der Waals surface area contributed by atoms with E-state index in [1.54, 1.807) is 29.6 Å². The number of sulfonamides is 1. The van der Waals surface area contributed by atoms with Gasteiger partial charge in [0.25, 0.3) is 10.0 Å². The average Bonchev–Trinajstić information content (AvgIpc) is 3.18. The molecule has 26 heavy (non-hydrogen) atoms. The Labute approximate surface area is 157 Å². The number of anilines is 1. The average molecular weight is 395 g/mol. The Kier molecular flexibility index (Phi) is 5.95. The van der Waals surface area contributed by atoms with Gasteiger partial charge in [0.05, 0.1) is 12.5 Å². The summed E-state index contributed by atoms with van der Waals surface area (Å²) in [4.78, 5) is 12.6. The first-order valence-electron chi connectivity index (χ1n) is 8.58. The SMILES string of the molecule is CCOc1cccc(NC(=O)[C@H]2CCCN(S(=O)(=O)c3cccs3)C2)c1. The quantitative estimate of drug-likeness (QED) is 0.816. The number of benzene rings is 1. The van der Waals surface area contributed by atoms with Crippen molar-refractivity contribution in [3.63, 3.8) is 0 Å². The van der Waals surface area contributed by atoms with Crippen LogP contribution in [0.5, 0.6) is 5.75 Å². The maximum atomic E-state index is 12.7. The van der Waals surface area contributed by atoms with E-state index in [2.05, 4.69) is 5.32 Å². The third-order valence-electron chi connectivity index (χ3n) is 4.26. The lowest BCUT2D eigenvalue weighted by atomic mass is 9.98. The van der Waals surface area contributed by atoms with Crippen molar-refractivity contribution in [3.8, 4) is 5.75 Å². The van der Waals surface area contributed by atoms with Gasteiger partial charge in [-0.3, -0.25) is 4.79 Å². The second kappa shape index (κ2) is 8.20. The molecule has 0 bridgehead atoms. The van der Waals surface area contributed by atoms with Crippen molar-refractivity contribution in [3.05, 3.63) is 41.8 Å². The van der Waals surface area contributed by atoms with Crippen molar-refractivity contribution in [2.45, 2.75) is 24.0 Å². The van der Waals surface area contributed by atoms with E-state index in [0.29, 0.717) is 41.6 Å². The summed E-state index contributed by atoms with van der Waals surface area (Å²) < 4.78 is 32.5. The Morgan fingerprint density at radius 1 is 1.35 bits per heavy atom. The minimum atomic E-state index is -3.52. The van der Waals surface area contributed by atoms with Gasteiger partial charge in [-0.2, -0.15) is 4.31 Å². The highest BCUT2D eigenvalue weighted by molar-refractivity contribution is 7.91. The van der Waals surface area contributed by atoms with Crippen LogP contribution in [0.25, 0.3) is 0 Å². The van der Waals surface area contributed by atoms with Crippen molar-refractivity contribution < 1.29 is 17.9 Å². The molecule has 2 heterocycles. The van der Waals surface area contributed by atoms with Crippen LogP contribution in [0.2, 0.25) is 0 Å². The number of amides is 1. The first-order valence-corrected chi connectivity index (χ1v) is 10.9. The van der Waals surface area contributed by atoms with Gasteiger partial charge < -0.3 is 10.1 Å². The van der Waals surface area contributed by atoms with Gasteiger partial charge in [-0.15, -0.1) is 11.3 Å². The van der Waals surface area contributed by atoms with Crippen molar-refractivity contribution in [1.82, 2.24) is 4.31 Å². The lowest BCUT2D eigenvalue weighted by molar-refractivity contribution is -0.120. The molecule has 6 nitrogen and oxygen atoms in total. The zero-order valence-electron chi connectivity index (χ0n) is 14.6. The number of carbonyl (C=O) groups excluding carboxylic acids is 1. The number of carbonyl (C=O) groups is 1. The number of hydrogen-bond acceptors (Lipinski definition) is 5. The Morgan fingerprint density at radius 2 is 2.19 bits per heavy atom. The van der Waals surface area contributed by atoms with Crippen LogP contribution < -0.4 is 10.1 Å². The van der Waals surface area contributed by atoms with Gasteiger partial charge >= 0.3 is 0 Å². The Bertz CT molecular complexity index is 850. The minimum absolute atomic E-state index is 0.162. The number of thiophene rings is 1. The van der Waals surface area contributed by atoms with Crippen molar-refractivity contribution in [2.75, 3.05) is 25.0 Å². The molecule has 1 aromatic heterocycles. The lowest BCUT2D eigenvalue weighted by Gasteiger charge is -2.30. The van der Waals surface area contributed by atoms with Gasteiger partial charge in [0.15, 0.2) is 0 Å². The van der Waals surface area contributed by atoms with Crippen LogP contribution in [0.3, 0.4) is 0 Å². The molecule has 1 amide bonds. The van der Waals surface area contributed by atoms with Gasteiger partial charge in [-0.1, -0.05) is 12.1 Å². The number of ether oxygens (including phenoxy) is 1. The summed E-state index contributed by atoms with van der Waals surface area (Å²) in [6.07, 6.45) is 1.34. The van der Waals surface area contributed by atoms with E-state index in [-0.39, 0.29) is 18.4 Å². The predicted molar refractivity (Wildman–Crippen MR) is 102 cm³/mol. The van der Waals surface area contributed by atoms with Gasteiger partial charge in [-0.05, 0) is 43.3 Å². The molecule has 140 valence electrons. The predicted octanol–water partition coefficient (Wildman–Crippen LogP) is 3.19. The van der Waals surface area contributed by atoms with Gasteiger partial charge in [0.1, 0.15) is 9.96 Å². The highest BCUT2D eigenvalue weighted by atomic mass is 32.2. The highest BCUT2D eigenvalue weighted by Gasteiger charge is 2.33. The molecule has 8 heteroatoms. The van der Waals surface area contributed by atoms with Crippen LogP contribution in [-0.2, 0) is 14.8 Å². The number of rotatable bonds is 6. The van der Waals surface area contributed by atoms with Gasteiger partial charge in [-0.25, -0.2) is 8.42 Å². The van der Waals surface area contributed by atoms with E-state index in [1.807, 2.05) is 19.1 Å². The highest BCUT2D eigenvalue weighted by Crippen LogP contribution is 2.27. The van der Waals surface area contributed by atoms with E-state index in [0.717, 1.165) is 0 Å². The fourth-order valence-corrected chi connectivity index (χ4v) is 5.66.